The molecule has 2 heterocycles. The van der Waals surface area contributed by atoms with Crippen LogP contribution >= 0.6 is 35.3 Å². The lowest BCUT2D eigenvalue weighted by Gasteiger charge is -2.33. The van der Waals surface area contributed by atoms with Gasteiger partial charge in [-0.3, -0.25) is 14.1 Å². The maximum absolute atomic E-state index is 12.3. The fourth-order valence-corrected chi connectivity index (χ4v) is 5.14. The van der Waals surface area contributed by atoms with Crippen molar-refractivity contribution in [2.45, 2.75) is 38.1 Å². The van der Waals surface area contributed by atoms with Crippen molar-refractivity contribution in [2.75, 3.05) is 31.9 Å². The van der Waals surface area contributed by atoms with Crippen molar-refractivity contribution in [2.24, 2.45) is 4.99 Å². The number of guanidine groups is 1. The number of piperidine rings is 1. The van der Waals surface area contributed by atoms with Gasteiger partial charge in [-0.25, -0.2) is 0 Å². The van der Waals surface area contributed by atoms with Crippen molar-refractivity contribution in [3.8, 4) is 0 Å². The van der Waals surface area contributed by atoms with Crippen molar-refractivity contribution in [1.29, 1.82) is 0 Å². The van der Waals surface area contributed by atoms with Crippen LogP contribution in [-0.4, -0.2) is 53.0 Å². The highest BCUT2D eigenvalue weighted by molar-refractivity contribution is 14.0. The van der Waals surface area contributed by atoms with E-state index in [9.17, 15) is 4.21 Å². The summed E-state index contributed by atoms with van der Waals surface area (Å²) in [4.78, 5) is 7.18. The molecule has 0 saturated carbocycles. The normalized spacial score (nSPS) is 16.6. The summed E-state index contributed by atoms with van der Waals surface area (Å²) in [6, 6.07) is 12.7. The molecule has 1 atom stereocenters. The number of nitrogens with one attached hydrogen (secondary N) is 2. The Morgan fingerprint density at radius 2 is 1.97 bits per heavy atom. The van der Waals surface area contributed by atoms with Crippen LogP contribution in [0.3, 0.4) is 0 Å². The number of hydrogen-bond acceptors (Lipinski definition) is 4. The first-order valence-electron chi connectivity index (χ1n) is 10.4. The summed E-state index contributed by atoms with van der Waals surface area (Å²) in [6.07, 6.45) is 2.24. The molecule has 1 saturated heterocycles. The van der Waals surface area contributed by atoms with Crippen LogP contribution in [0.15, 0.2) is 52.2 Å². The Labute approximate surface area is 204 Å². The fraction of sp³-hybridized carbons (Fsp3) is 0.500. The molecule has 8 heteroatoms. The van der Waals surface area contributed by atoms with Crippen molar-refractivity contribution < 1.29 is 4.21 Å². The van der Waals surface area contributed by atoms with E-state index in [0.29, 0.717) is 24.1 Å². The quantitative estimate of drug-likeness (QED) is 0.278. The average Bonchev–Trinajstić information content (AvgIpc) is 3.23. The topological polar surface area (TPSA) is 56.7 Å². The summed E-state index contributed by atoms with van der Waals surface area (Å²) < 4.78 is 12.3. The molecule has 1 aliphatic rings. The lowest BCUT2D eigenvalue weighted by atomic mass is 10.0. The smallest absolute Gasteiger partial charge is 0.191 e. The summed E-state index contributed by atoms with van der Waals surface area (Å²) in [5, 5.41) is 11.3. The van der Waals surface area contributed by atoms with E-state index in [-0.39, 0.29) is 24.0 Å². The molecule has 3 rings (SSSR count). The van der Waals surface area contributed by atoms with E-state index in [1.807, 2.05) is 30.3 Å². The summed E-state index contributed by atoms with van der Waals surface area (Å²) in [5.41, 5.74) is 2.54. The Balaban J connectivity index is 0.00000320. The van der Waals surface area contributed by atoms with Gasteiger partial charge in [-0.1, -0.05) is 30.3 Å². The van der Waals surface area contributed by atoms with Gasteiger partial charge in [0.15, 0.2) is 5.96 Å². The number of likely N-dealkylation sites (tertiary alicyclic amines) is 1. The molecule has 1 aliphatic heterocycles. The number of aliphatic imine (C=N–C) groups is 1. The second-order valence-corrected chi connectivity index (χ2v) is 9.72. The maximum atomic E-state index is 12.3. The van der Waals surface area contributed by atoms with Crippen molar-refractivity contribution in [3.63, 3.8) is 0 Å². The van der Waals surface area contributed by atoms with Crippen LogP contribution in [0.25, 0.3) is 0 Å². The first-order chi connectivity index (χ1) is 14.2. The molecule has 30 heavy (non-hydrogen) atoms. The highest BCUT2D eigenvalue weighted by Crippen LogP contribution is 2.15. The van der Waals surface area contributed by atoms with Gasteiger partial charge in [-0.2, -0.15) is 11.3 Å². The zero-order valence-electron chi connectivity index (χ0n) is 17.6. The minimum Gasteiger partial charge on any atom is -0.357 e. The number of halogens is 1. The van der Waals surface area contributed by atoms with Gasteiger partial charge in [-0.05, 0) is 47.7 Å². The van der Waals surface area contributed by atoms with Gasteiger partial charge in [0.25, 0.3) is 0 Å². The Morgan fingerprint density at radius 1 is 1.20 bits per heavy atom. The van der Waals surface area contributed by atoms with Gasteiger partial charge in [-0.15, -0.1) is 24.0 Å². The van der Waals surface area contributed by atoms with Crippen LogP contribution < -0.4 is 10.6 Å². The fourth-order valence-electron chi connectivity index (χ4n) is 3.48. The molecule has 1 fully saturated rings. The van der Waals surface area contributed by atoms with E-state index >= 15 is 0 Å². The molecular formula is C22H33IN4OS2. The lowest BCUT2D eigenvalue weighted by Crippen LogP contribution is -2.48. The maximum Gasteiger partial charge on any atom is 0.191 e. The van der Waals surface area contributed by atoms with Crippen molar-refractivity contribution in [1.82, 2.24) is 15.5 Å². The molecule has 2 aromatic rings. The second kappa shape index (κ2) is 14.2. The third kappa shape index (κ3) is 9.03. The van der Waals surface area contributed by atoms with Crippen LogP contribution in [0, 0.1) is 0 Å². The Morgan fingerprint density at radius 3 is 2.63 bits per heavy atom. The van der Waals surface area contributed by atoms with E-state index in [1.54, 1.807) is 11.3 Å². The van der Waals surface area contributed by atoms with E-state index in [1.165, 1.54) is 5.56 Å². The molecule has 0 amide bonds. The molecule has 1 unspecified atom stereocenters. The minimum atomic E-state index is -0.887. The first kappa shape index (κ1) is 25.3. The van der Waals surface area contributed by atoms with E-state index in [2.05, 4.69) is 44.3 Å². The number of rotatable bonds is 9. The van der Waals surface area contributed by atoms with Gasteiger partial charge in [0.1, 0.15) is 0 Å². The lowest BCUT2D eigenvalue weighted by molar-refractivity contribution is 0.198. The number of thiophene rings is 1. The standard InChI is InChI=1S/C22H32N4OS2.HI/c1-2-23-22(24-11-15-29(27)18-19-6-4-3-5-7-19)25-21-8-12-26(13-9-21)16-20-10-14-28-17-20;/h3-7,10,14,17,21H,2,8-9,11-13,15-16,18H2,1H3,(H2,23,24,25);1H. The molecule has 0 bridgehead atoms. The summed E-state index contributed by atoms with van der Waals surface area (Å²) >= 11 is 1.77. The minimum absolute atomic E-state index is 0. The predicted octanol–water partition coefficient (Wildman–Crippen LogP) is 3.83. The van der Waals surface area contributed by atoms with Crippen LogP contribution in [0.2, 0.25) is 0 Å². The van der Waals surface area contributed by atoms with E-state index < -0.39 is 10.8 Å². The largest absolute Gasteiger partial charge is 0.357 e. The summed E-state index contributed by atoms with van der Waals surface area (Å²) in [6.45, 7) is 6.75. The average molecular weight is 561 g/mol. The van der Waals surface area contributed by atoms with Crippen LogP contribution in [0.1, 0.15) is 30.9 Å². The van der Waals surface area contributed by atoms with Gasteiger partial charge in [0.05, 0.1) is 6.54 Å². The molecule has 0 spiro atoms. The first-order valence-corrected chi connectivity index (χ1v) is 12.8. The highest BCUT2D eigenvalue weighted by atomic mass is 127. The van der Waals surface area contributed by atoms with Gasteiger partial charge < -0.3 is 10.6 Å². The zero-order chi connectivity index (χ0) is 20.3. The molecule has 166 valence electrons. The Hall–Kier alpha value is -0.970. The molecular weight excluding hydrogens is 527 g/mol. The molecule has 0 radical (unpaired) electrons. The third-order valence-corrected chi connectivity index (χ3v) is 7.04. The molecule has 1 aromatic heterocycles. The van der Waals surface area contributed by atoms with Crippen molar-refractivity contribution >= 4 is 52.1 Å². The Kier molecular flexibility index (Phi) is 11.9. The van der Waals surface area contributed by atoms with E-state index in [4.69, 9.17) is 0 Å². The van der Waals surface area contributed by atoms with Gasteiger partial charge in [0.2, 0.25) is 0 Å². The van der Waals surface area contributed by atoms with Crippen LogP contribution in [0.4, 0.5) is 0 Å². The predicted molar refractivity (Wildman–Crippen MR) is 140 cm³/mol. The zero-order valence-corrected chi connectivity index (χ0v) is 21.6. The number of hydrogen-bond donors (Lipinski definition) is 2. The summed E-state index contributed by atoms with van der Waals surface area (Å²) in [5.74, 6) is 2.04. The number of nitrogens with zero attached hydrogens (tertiary/aromatic N) is 2. The Bertz CT molecular complexity index is 763. The van der Waals surface area contributed by atoms with Gasteiger partial charge >= 0.3 is 0 Å². The molecule has 0 aliphatic carbocycles. The third-order valence-electron chi connectivity index (χ3n) is 5.02. The SMILES string of the molecule is CCNC(=NCCS(=O)Cc1ccccc1)NC1CCN(Cc2ccsc2)CC1.I. The molecule has 1 aromatic carbocycles. The monoisotopic (exact) mass is 560 g/mol. The van der Waals surface area contributed by atoms with E-state index in [0.717, 1.165) is 50.5 Å². The summed E-state index contributed by atoms with van der Waals surface area (Å²) in [7, 11) is -0.887. The molecule has 2 N–H and O–H groups in total. The number of benzene rings is 1. The van der Waals surface area contributed by atoms with Crippen LogP contribution in [0.5, 0.6) is 0 Å². The van der Waals surface area contributed by atoms with Crippen LogP contribution in [-0.2, 0) is 23.1 Å². The second-order valence-electron chi connectivity index (χ2n) is 7.36. The van der Waals surface area contributed by atoms with Crippen molar-refractivity contribution in [3.05, 3.63) is 58.3 Å². The van der Waals surface area contributed by atoms with Gasteiger partial charge in [0, 0.05) is 54.5 Å². The highest BCUT2D eigenvalue weighted by Gasteiger charge is 2.20. The molecule has 5 nitrogen and oxygen atoms in total.